The molecule has 0 unspecified atom stereocenters. The van der Waals surface area contributed by atoms with Crippen molar-refractivity contribution >= 4 is 40.2 Å². The summed E-state index contributed by atoms with van der Waals surface area (Å²) in [5, 5.41) is 2.27. The second-order valence-electron chi connectivity index (χ2n) is 4.26. The van der Waals surface area contributed by atoms with Gasteiger partial charge in [-0.05, 0) is 31.3 Å². The molecule has 0 aliphatic heterocycles. The molecule has 2 amide bonds. The monoisotopic (exact) mass is 373 g/mol. The molecular formula is C15H19NO6S2. The molecule has 1 N–H and O–H groups in total. The third-order valence-corrected chi connectivity index (χ3v) is 3.99. The van der Waals surface area contributed by atoms with Gasteiger partial charge in [0, 0.05) is 5.56 Å². The lowest BCUT2D eigenvalue weighted by Crippen LogP contribution is -2.32. The third-order valence-electron chi connectivity index (χ3n) is 2.76. The Balaban J connectivity index is 2.80. The van der Waals surface area contributed by atoms with E-state index in [1.807, 2.05) is 0 Å². The molecule has 1 rings (SSSR count). The fourth-order valence-corrected chi connectivity index (χ4v) is 2.55. The number of thioether (sulfide) groups is 1. The lowest BCUT2D eigenvalue weighted by atomic mass is 10.1. The van der Waals surface area contributed by atoms with Gasteiger partial charge in [0.15, 0.2) is 11.5 Å². The number of ether oxygens (including phenoxy) is 4. The number of methoxy groups -OCH3 is 3. The molecule has 0 atom stereocenters. The van der Waals surface area contributed by atoms with E-state index in [0.717, 1.165) is 11.8 Å². The van der Waals surface area contributed by atoms with E-state index in [4.69, 9.17) is 31.2 Å². The summed E-state index contributed by atoms with van der Waals surface area (Å²) in [5.41, 5.74) is 0.204. The molecule has 9 heteroatoms. The minimum absolute atomic E-state index is 0.0189. The highest BCUT2D eigenvalue weighted by molar-refractivity contribution is 8.23. The number of carbonyl (C=O) groups excluding carboxylic acids is 2. The van der Waals surface area contributed by atoms with Crippen LogP contribution in [-0.2, 0) is 9.53 Å². The molecule has 0 radical (unpaired) electrons. The van der Waals surface area contributed by atoms with Crippen LogP contribution in [0.1, 0.15) is 17.3 Å². The van der Waals surface area contributed by atoms with Crippen molar-refractivity contribution in [1.82, 2.24) is 5.32 Å². The molecule has 0 aliphatic rings. The summed E-state index contributed by atoms with van der Waals surface area (Å²) >= 11 is 5.94. The summed E-state index contributed by atoms with van der Waals surface area (Å²) in [5.74, 6) is -0.0826. The van der Waals surface area contributed by atoms with E-state index < -0.39 is 11.8 Å². The zero-order valence-electron chi connectivity index (χ0n) is 13.8. The summed E-state index contributed by atoms with van der Waals surface area (Å²) in [6, 6.07) is 2.92. The van der Waals surface area contributed by atoms with Gasteiger partial charge in [-0.3, -0.25) is 14.9 Å². The van der Waals surface area contributed by atoms with Crippen molar-refractivity contribution in [1.29, 1.82) is 0 Å². The second kappa shape index (κ2) is 9.99. The number of rotatable bonds is 7. The quantitative estimate of drug-likeness (QED) is 0.727. The van der Waals surface area contributed by atoms with E-state index in [1.165, 1.54) is 33.5 Å². The van der Waals surface area contributed by atoms with Gasteiger partial charge in [0.05, 0.1) is 33.7 Å². The molecule has 0 bridgehead atoms. The first-order valence-electron chi connectivity index (χ1n) is 6.90. The standard InChI is InChI=1S/C15H19NO6S2/c1-5-22-15(23)24-8-12(17)16-14(18)9-6-10(19-2)13(21-4)11(7-9)20-3/h6-7H,5,8H2,1-4H3,(H,16,17,18). The number of benzene rings is 1. The van der Waals surface area contributed by atoms with E-state index in [1.54, 1.807) is 6.92 Å². The van der Waals surface area contributed by atoms with Crippen LogP contribution in [0.4, 0.5) is 0 Å². The molecule has 0 saturated heterocycles. The number of thiocarbonyl (C=S) groups is 1. The Morgan fingerprint density at radius 1 is 1.12 bits per heavy atom. The van der Waals surface area contributed by atoms with Crippen LogP contribution in [0.25, 0.3) is 0 Å². The van der Waals surface area contributed by atoms with Crippen LogP contribution in [0.3, 0.4) is 0 Å². The van der Waals surface area contributed by atoms with Crippen molar-refractivity contribution in [2.24, 2.45) is 0 Å². The maximum Gasteiger partial charge on any atom is 0.258 e. The van der Waals surface area contributed by atoms with Crippen LogP contribution in [0.5, 0.6) is 17.2 Å². The van der Waals surface area contributed by atoms with E-state index in [2.05, 4.69) is 5.32 Å². The zero-order valence-corrected chi connectivity index (χ0v) is 15.5. The van der Waals surface area contributed by atoms with Gasteiger partial charge in [-0.25, -0.2) is 0 Å². The first-order valence-corrected chi connectivity index (χ1v) is 8.29. The molecule has 0 saturated carbocycles. The Morgan fingerprint density at radius 2 is 1.71 bits per heavy atom. The van der Waals surface area contributed by atoms with Crippen LogP contribution >= 0.6 is 24.0 Å². The van der Waals surface area contributed by atoms with Crippen molar-refractivity contribution < 1.29 is 28.5 Å². The average Bonchev–Trinajstić information content (AvgIpc) is 2.58. The van der Waals surface area contributed by atoms with Gasteiger partial charge < -0.3 is 18.9 Å². The summed E-state index contributed by atoms with van der Waals surface area (Å²) < 4.78 is 20.8. The topological polar surface area (TPSA) is 83.1 Å². The Morgan fingerprint density at radius 3 is 2.17 bits per heavy atom. The van der Waals surface area contributed by atoms with Crippen LogP contribution in [0, 0.1) is 0 Å². The normalized spacial score (nSPS) is 9.83. The zero-order chi connectivity index (χ0) is 18.1. The molecule has 1 aromatic rings. The lowest BCUT2D eigenvalue weighted by Gasteiger charge is -2.13. The molecular weight excluding hydrogens is 354 g/mol. The SMILES string of the molecule is CCOC(=S)SCC(=O)NC(=O)c1cc(OC)c(OC)c(OC)c1. The van der Waals surface area contributed by atoms with E-state index in [9.17, 15) is 9.59 Å². The van der Waals surface area contributed by atoms with Crippen molar-refractivity contribution in [2.75, 3.05) is 33.7 Å². The highest BCUT2D eigenvalue weighted by atomic mass is 32.2. The van der Waals surface area contributed by atoms with Gasteiger partial charge in [0.2, 0.25) is 16.0 Å². The van der Waals surface area contributed by atoms with Gasteiger partial charge >= 0.3 is 0 Å². The molecule has 0 spiro atoms. The largest absolute Gasteiger partial charge is 0.493 e. The van der Waals surface area contributed by atoms with Crippen LogP contribution in [-0.4, -0.2) is 49.9 Å². The van der Waals surface area contributed by atoms with Crippen molar-refractivity contribution in [3.8, 4) is 17.2 Å². The summed E-state index contributed by atoms with van der Waals surface area (Å²) in [4.78, 5) is 24.0. The molecule has 1 aromatic carbocycles. The number of amides is 2. The summed E-state index contributed by atoms with van der Waals surface area (Å²) in [6.45, 7) is 2.22. The molecule has 0 aliphatic carbocycles. The maximum absolute atomic E-state index is 12.2. The van der Waals surface area contributed by atoms with Gasteiger partial charge in [0.25, 0.3) is 5.91 Å². The molecule has 132 valence electrons. The third kappa shape index (κ3) is 5.57. The lowest BCUT2D eigenvalue weighted by molar-refractivity contribution is -0.117. The Hall–Kier alpha value is -2.00. The van der Waals surface area contributed by atoms with E-state index >= 15 is 0 Å². The molecule has 0 heterocycles. The average molecular weight is 373 g/mol. The van der Waals surface area contributed by atoms with Gasteiger partial charge in [-0.2, -0.15) is 0 Å². The highest BCUT2D eigenvalue weighted by Crippen LogP contribution is 2.38. The number of nitrogens with one attached hydrogen (secondary N) is 1. The van der Waals surface area contributed by atoms with E-state index in [0.29, 0.717) is 23.9 Å². The predicted molar refractivity (Wildman–Crippen MR) is 95.3 cm³/mol. The Labute approximate surface area is 150 Å². The fraction of sp³-hybridized carbons (Fsp3) is 0.400. The minimum atomic E-state index is -0.581. The first-order chi connectivity index (χ1) is 11.5. The first kappa shape index (κ1) is 20.0. The van der Waals surface area contributed by atoms with Crippen LogP contribution < -0.4 is 19.5 Å². The Kier molecular flexibility index (Phi) is 8.34. The molecule has 7 nitrogen and oxygen atoms in total. The molecule has 0 aromatic heterocycles. The number of hydrogen-bond acceptors (Lipinski definition) is 8. The maximum atomic E-state index is 12.2. The van der Waals surface area contributed by atoms with Crippen molar-refractivity contribution in [3.05, 3.63) is 17.7 Å². The molecule has 24 heavy (non-hydrogen) atoms. The summed E-state index contributed by atoms with van der Waals surface area (Å²) in [6.07, 6.45) is 0. The van der Waals surface area contributed by atoms with Crippen LogP contribution in [0.2, 0.25) is 0 Å². The molecule has 0 fully saturated rings. The van der Waals surface area contributed by atoms with Gasteiger partial charge in [-0.15, -0.1) is 0 Å². The van der Waals surface area contributed by atoms with Gasteiger partial charge in [0.1, 0.15) is 0 Å². The second-order valence-corrected chi connectivity index (χ2v) is 5.84. The fourth-order valence-electron chi connectivity index (χ4n) is 1.73. The minimum Gasteiger partial charge on any atom is -0.493 e. The van der Waals surface area contributed by atoms with Gasteiger partial charge in [-0.1, -0.05) is 11.8 Å². The van der Waals surface area contributed by atoms with E-state index in [-0.39, 0.29) is 15.7 Å². The van der Waals surface area contributed by atoms with Crippen LogP contribution in [0.15, 0.2) is 12.1 Å². The smallest absolute Gasteiger partial charge is 0.258 e. The van der Waals surface area contributed by atoms with Crippen molar-refractivity contribution in [2.45, 2.75) is 6.92 Å². The Bertz CT molecular complexity index is 595. The predicted octanol–water partition coefficient (Wildman–Crippen LogP) is 2.02. The van der Waals surface area contributed by atoms with Crippen molar-refractivity contribution in [3.63, 3.8) is 0 Å². The highest BCUT2D eigenvalue weighted by Gasteiger charge is 2.18. The number of carbonyl (C=O) groups is 2. The summed E-state index contributed by atoms with van der Waals surface area (Å²) in [7, 11) is 4.34. The number of imide groups is 1. The number of hydrogen-bond donors (Lipinski definition) is 1.